The van der Waals surface area contributed by atoms with E-state index < -0.39 is 6.61 Å². The van der Waals surface area contributed by atoms with Crippen LogP contribution in [0.4, 0.5) is 8.78 Å². The van der Waals surface area contributed by atoms with Crippen molar-refractivity contribution in [1.82, 2.24) is 15.5 Å². The Morgan fingerprint density at radius 1 is 1.21 bits per heavy atom. The van der Waals surface area contributed by atoms with E-state index in [9.17, 15) is 8.78 Å². The first-order chi connectivity index (χ1) is 14.2. The zero-order chi connectivity index (χ0) is 20.5. The lowest BCUT2D eigenvalue weighted by atomic mass is 9.97. The van der Waals surface area contributed by atoms with Crippen molar-refractivity contribution in [1.29, 1.82) is 0 Å². The van der Waals surface area contributed by atoms with Gasteiger partial charge in [0.25, 0.3) is 0 Å². The maximum atomic E-state index is 12.6. The second kappa shape index (κ2) is 11.3. The van der Waals surface area contributed by atoms with Crippen LogP contribution in [0, 0.1) is 5.92 Å². The van der Waals surface area contributed by atoms with Gasteiger partial charge in [-0.3, -0.25) is 9.89 Å². The Kier molecular flexibility index (Phi) is 8.45. The molecule has 3 rings (SSSR count). The summed E-state index contributed by atoms with van der Waals surface area (Å²) in [6, 6.07) is 7.08. The van der Waals surface area contributed by atoms with Gasteiger partial charge in [-0.05, 0) is 12.5 Å². The van der Waals surface area contributed by atoms with Crippen LogP contribution >= 0.6 is 0 Å². The van der Waals surface area contributed by atoms with Gasteiger partial charge in [-0.15, -0.1) is 0 Å². The summed E-state index contributed by atoms with van der Waals surface area (Å²) in [5.74, 6) is 1.26. The molecule has 7 nitrogen and oxygen atoms in total. The van der Waals surface area contributed by atoms with Crippen molar-refractivity contribution in [3.05, 3.63) is 29.8 Å². The Bertz CT molecular complexity index is 650. The lowest BCUT2D eigenvalue weighted by molar-refractivity contribution is -0.0504. The molecule has 0 amide bonds. The maximum absolute atomic E-state index is 12.6. The van der Waals surface area contributed by atoms with Crippen LogP contribution in [0.25, 0.3) is 0 Å². The highest BCUT2D eigenvalue weighted by molar-refractivity contribution is 5.79. The Balaban J connectivity index is 1.56. The van der Waals surface area contributed by atoms with E-state index >= 15 is 0 Å². The fourth-order valence-corrected chi connectivity index (χ4v) is 3.82. The number of ether oxygens (including phenoxy) is 3. The smallest absolute Gasteiger partial charge is 0.387 e. The molecule has 2 atom stereocenters. The summed E-state index contributed by atoms with van der Waals surface area (Å²) in [6.07, 6.45) is 1.05. The minimum absolute atomic E-state index is 0.166. The minimum atomic E-state index is -2.85. The normalized spacial score (nSPS) is 21.9. The molecule has 2 unspecified atom stereocenters. The lowest BCUT2D eigenvalue weighted by Gasteiger charge is -2.37. The van der Waals surface area contributed by atoms with E-state index in [0.717, 1.165) is 52.5 Å². The van der Waals surface area contributed by atoms with E-state index in [1.54, 1.807) is 25.2 Å². The fourth-order valence-electron chi connectivity index (χ4n) is 3.82. The number of para-hydroxylation sites is 1. The molecule has 9 heteroatoms. The molecule has 1 aromatic carbocycles. The van der Waals surface area contributed by atoms with Crippen molar-refractivity contribution in [2.75, 3.05) is 53.1 Å². The highest BCUT2D eigenvalue weighted by Gasteiger charge is 2.31. The van der Waals surface area contributed by atoms with Gasteiger partial charge < -0.3 is 24.8 Å². The number of alkyl halides is 2. The molecule has 2 N–H and O–H groups in total. The van der Waals surface area contributed by atoms with Crippen LogP contribution in [0.15, 0.2) is 29.3 Å². The van der Waals surface area contributed by atoms with Gasteiger partial charge in [0.15, 0.2) is 5.96 Å². The molecule has 1 aromatic rings. The van der Waals surface area contributed by atoms with Crippen molar-refractivity contribution < 1.29 is 23.0 Å². The topological polar surface area (TPSA) is 67.4 Å². The van der Waals surface area contributed by atoms with Gasteiger partial charge in [-0.2, -0.15) is 8.78 Å². The zero-order valence-corrected chi connectivity index (χ0v) is 16.8. The lowest BCUT2D eigenvalue weighted by Crippen LogP contribution is -2.53. The fraction of sp³-hybridized carbons (Fsp3) is 0.650. The van der Waals surface area contributed by atoms with Crippen LogP contribution in [0.2, 0.25) is 0 Å². The summed E-state index contributed by atoms with van der Waals surface area (Å²) in [7, 11) is 1.69. The van der Waals surface area contributed by atoms with Gasteiger partial charge in [0, 0.05) is 57.4 Å². The minimum Gasteiger partial charge on any atom is -0.434 e. The van der Waals surface area contributed by atoms with Crippen molar-refractivity contribution in [2.45, 2.75) is 25.6 Å². The molecule has 162 valence electrons. The number of nitrogens with one attached hydrogen (secondary N) is 2. The number of nitrogens with zero attached hydrogens (tertiary/aromatic N) is 2. The Morgan fingerprint density at radius 3 is 2.69 bits per heavy atom. The van der Waals surface area contributed by atoms with Gasteiger partial charge in [-0.1, -0.05) is 18.2 Å². The number of aliphatic imine (C=N–C) groups is 1. The molecule has 29 heavy (non-hydrogen) atoms. The zero-order valence-electron chi connectivity index (χ0n) is 16.8. The number of hydrogen-bond donors (Lipinski definition) is 2. The Morgan fingerprint density at radius 2 is 2.00 bits per heavy atom. The first-order valence-corrected chi connectivity index (χ1v) is 10.0. The third-order valence-corrected chi connectivity index (χ3v) is 5.36. The first kappa shape index (κ1) is 21.7. The standard InChI is InChI=1S/C20H30F2N4O3/c1-23-20(24-12-15-4-2-3-5-18(15)29-19(21)22)25-13-17(16-6-9-28-14-16)26-7-10-27-11-8-26/h2-5,16-17,19H,6-14H2,1H3,(H2,23,24,25). The predicted molar refractivity (Wildman–Crippen MR) is 106 cm³/mol. The summed E-state index contributed by atoms with van der Waals surface area (Å²) in [5.41, 5.74) is 0.643. The molecule has 0 saturated carbocycles. The molecule has 0 aromatic heterocycles. The van der Waals surface area contributed by atoms with Crippen LogP contribution < -0.4 is 15.4 Å². The molecule has 0 spiro atoms. The third kappa shape index (κ3) is 6.52. The number of morpholine rings is 1. The predicted octanol–water partition coefficient (Wildman–Crippen LogP) is 1.69. The Labute approximate surface area is 170 Å². The quantitative estimate of drug-likeness (QED) is 0.500. The monoisotopic (exact) mass is 412 g/mol. The van der Waals surface area contributed by atoms with Crippen LogP contribution in [0.1, 0.15) is 12.0 Å². The van der Waals surface area contributed by atoms with E-state index in [2.05, 4.69) is 25.3 Å². The molecule has 2 aliphatic rings. The van der Waals surface area contributed by atoms with E-state index in [-0.39, 0.29) is 5.75 Å². The summed E-state index contributed by atoms with van der Waals surface area (Å²) >= 11 is 0. The molecular weight excluding hydrogens is 382 g/mol. The summed E-state index contributed by atoms with van der Waals surface area (Å²) < 4.78 is 40.9. The van der Waals surface area contributed by atoms with Crippen molar-refractivity contribution in [2.24, 2.45) is 10.9 Å². The summed E-state index contributed by atoms with van der Waals surface area (Å²) in [4.78, 5) is 6.72. The number of benzene rings is 1. The molecule has 2 heterocycles. The SMILES string of the molecule is CN=C(NCc1ccccc1OC(F)F)NCC(C1CCOC1)N1CCOCC1. The summed E-state index contributed by atoms with van der Waals surface area (Å²) in [5, 5.41) is 6.57. The molecule has 0 radical (unpaired) electrons. The van der Waals surface area contributed by atoms with Gasteiger partial charge in [0.1, 0.15) is 5.75 Å². The maximum Gasteiger partial charge on any atom is 0.387 e. The van der Waals surface area contributed by atoms with Crippen LogP contribution in [-0.2, 0) is 16.0 Å². The molecule has 0 bridgehead atoms. The van der Waals surface area contributed by atoms with E-state index in [0.29, 0.717) is 30.0 Å². The van der Waals surface area contributed by atoms with E-state index in [1.807, 2.05) is 0 Å². The number of guanidine groups is 1. The Hall–Kier alpha value is -1.97. The van der Waals surface area contributed by atoms with Crippen LogP contribution in [0.3, 0.4) is 0 Å². The van der Waals surface area contributed by atoms with Gasteiger partial charge >= 0.3 is 6.61 Å². The number of hydrogen-bond acceptors (Lipinski definition) is 5. The van der Waals surface area contributed by atoms with Gasteiger partial charge in [0.05, 0.1) is 19.8 Å². The van der Waals surface area contributed by atoms with Crippen molar-refractivity contribution >= 4 is 5.96 Å². The van der Waals surface area contributed by atoms with Gasteiger partial charge in [-0.25, -0.2) is 0 Å². The average molecular weight is 412 g/mol. The summed E-state index contributed by atoms with van der Waals surface area (Å²) in [6.45, 7) is 3.10. The molecule has 2 saturated heterocycles. The van der Waals surface area contributed by atoms with E-state index in [1.165, 1.54) is 6.07 Å². The second-order valence-corrected chi connectivity index (χ2v) is 7.13. The van der Waals surface area contributed by atoms with E-state index in [4.69, 9.17) is 9.47 Å². The van der Waals surface area contributed by atoms with Gasteiger partial charge in [0.2, 0.25) is 0 Å². The second-order valence-electron chi connectivity index (χ2n) is 7.13. The highest BCUT2D eigenvalue weighted by atomic mass is 19.3. The first-order valence-electron chi connectivity index (χ1n) is 10.0. The molecular formula is C20H30F2N4O3. The molecule has 2 aliphatic heterocycles. The number of halogens is 2. The molecule has 2 fully saturated rings. The average Bonchev–Trinajstić information content (AvgIpc) is 3.26. The third-order valence-electron chi connectivity index (χ3n) is 5.36. The van der Waals surface area contributed by atoms with Crippen molar-refractivity contribution in [3.63, 3.8) is 0 Å². The van der Waals surface area contributed by atoms with Crippen LogP contribution in [-0.4, -0.2) is 76.6 Å². The van der Waals surface area contributed by atoms with Crippen LogP contribution in [0.5, 0.6) is 5.75 Å². The van der Waals surface area contributed by atoms with Crippen molar-refractivity contribution in [3.8, 4) is 5.75 Å². The number of rotatable bonds is 8. The highest BCUT2D eigenvalue weighted by Crippen LogP contribution is 2.22. The molecule has 0 aliphatic carbocycles. The largest absolute Gasteiger partial charge is 0.434 e.